The first kappa shape index (κ1) is 17.4. The number of nitrogen functional groups attached to an aromatic ring is 1. The van der Waals surface area contributed by atoms with Crippen molar-refractivity contribution in [3.63, 3.8) is 0 Å². The number of hydrogen-bond donors (Lipinski definition) is 2. The Morgan fingerprint density at radius 1 is 0.793 bits per heavy atom. The molecule has 0 spiro atoms. The van der Waals surface area contributed by atoms with Gasteiger partial charge in [-0.05, 0) is 58.9 Å². The number of hydrogen-bond acceptors (Lipinski definition) is 3. The van der Waals surface area contributed by atoms with Gasteiger partial charge in [0.05, 0.1) is 5.69 Å². The molecule has 0 saturated heterocycles. The van der Waals surface area contributed by atoms with Gasteiger partial charge in [-0.25, -0.2) is 0 Å². The largest absolute Gasteiger partial charge is 0.506 e. The first-order valence-corrected chi connectivity index (χ1v) is 9.68. The standard InChI is InChI=1S/C26H21NO2/c1-16-6-4-11-22(26(16)29-19-12-13-24(28)23(27)15-19)21-10-5-8-18-14-17-7-2-3-9-20(17)25(18)21/h2-13,15,28H,14,27H2,1H3. The lowest BCUT2D eigenvalue weighted by atomic mass is 9.92. The number of para-hydroxylation sites is 1. The van der Waals surface area contributed by atoms with Crippen LogP contribution in [0.3, 0.4) is 0 Å². The van der Waals surface area contributed by atoms with E-state index in [0.29, 0.717) is 11.4 Å². The van der Waals surface area contributed by atoms with E-state index in [-0.39, 0.29) is 5.75 Å². The Hall–Kier alpha value is -3.72. The summed E-state index contributed by atoms with van der Waals surface area (Å²) >= 11 is 0. The molecule has 4 aromatic carbocycles. The van der Waals surface area contributed by atoms with E-state index >= 15 is 0 Å². The Balaban J connectivity index is 1.67. The number of benzene rings is 4. The molecule has 3 N–H and O–H groups in total. The zero-order valence-electron chi connectivity index (χ0n) is 16.1. The minimum atomic E-state index is 0.0554. The highest BCUT2D eigenvalue weighted by Crippen LogP contribution is 2.46. The van der Waals surface area contributed by atoms with Crippen LogP contribution in [0.25, 0.3) is 22.3 Å². The molecular formula is C26H21NO2. The highest BCUT2D eigenvalue weighted by Gasteiger charge is 2.23. The van der Waals surface area contributed by atoms with Crippen molar-refractivity contribution >= 4 is 5.69 Å². The van der Waals surface area contributed by atoms with Gasteiger partial charge in [-0.15, -0.1) is 0 Å². The molecule has 0 unspecified atom stereocenters. The van der Waals surface area contributed by atoms with E-state index < -0.39 is 0 Å². The number of rotatable bonds is 3. The third kappa shape index (κ3) is 2.92. The summed E-state index contributed by atoms with van der Waals surface area (Å²) in [5.74, 6) is 1.46. The highest BCUT2D eigenvalue weighted by atomic mass is 16.5. The fourth-order valence-electron chi connectivity index (χ4n) is 4.13. The smallest absolute Gasteiger partial charge is 0.138 e. The van der Waals surface area contributed by atoms with Crippen molar-refractivity contribution in [2.24, 2.45) is 0 Å². The van der Waals surface area contributed by atoms with Crippen LogP contribution in [-0.2, 0) is 6.42 Å². The predicted molar refractivity (Wildman–Crippen MR) is 117 cm³/mol. The topological polar surface area (TPSA) is 55.5 Å². The summed E-state index contributed by atoms with van der Waals surface area (Å²) < 4.78 is 6.29. The molecule has 5 rings (SSSR count). The van der Waals surface area contributed by atoms with Crippen LogP contribution in [0.2, 0.25) is 0 Å². The second kappa shape index (κ2) is 6.71. The van der Waals surface area contributed by atoms with E-state index in [1.54, 1.807) is 18.2 Å². The van der Waals surface area contributed by atoms with E-state index in [0.717, 1.165) is 28.9 Å². The van der Waals surface area contributed by atoms with Crippen LogP contribution in [0.1, 0.15) is 16.7 Å². The van der Waals surface area contributed by atoms with Crippen LogP contribution in [0.4, 0.5) is 5.69 Å². The summed E-state index contributed by atoms with van der Waals surface area (Å²) in [6.07, 6.45) is 0.954. The molecule has 0 atom stereocenters. The van der Waals surface area contributed by atoms with Crippen molar-refractivity contribution in [2.45, 2.75) is 13.3 Å². The Morgan fingerprint density at radius 2 is 1.52 bits per heavy atom. The highest BCUT2D eigenvalue weighted by molar-refractivity contribution is 5.92. The second-order valence-electron chi connectivity index (χ2n) is 7.45. The molecule has 0 aliphatic heterocycles. The van der Waals surface area contributed by atoms with E-state index in [4.69, 9.17) is 10.5 Å². The lowest BCUT2D eigenvalue weighted by Crippen LogP contribution is -1.94. The van der Waals surface area contributed by atoms with Crippen LogP contribution in [-0.4, -0.2) is 5.11 Å². The normalized spacial score (nSPS) is 11.8. The van der Waals surface area contributed by atoms with Gasteiger partial charge in [-0.2, -0.15) is 0 Å². The monoisotopic (exact) mass is 379 g/mol. The molecule has 3 heteroatoms. The van der Waals surface area contributed by atoms with Gasteiger partial charge in [-0.1, -0.05) is 60.7 Å². The van der Waals surface area contributed by atoms with Gasteiger partial charge in [0.1, 0.15) is 17.2 Å². The molecule has 0 saturated carbocycles. The van der Waals surface area contributed by atoms with E-state index in [1.807, 2.05) is 13.0 Å². The molecule has 142 valence electrons. The van der Waals surface area contributed by atoms with Crippen LogP contribution in [0, 0.1) is 6.92 Å². The number of phenolic OH excluding ortho intramolecular Hbond substituents is 1. The lowest BCUT2D eigenvalue weighted by Gasteiger charge is -2.17. The molecule has 0 aromatic heterocycles. The average Bonchev–Trinajstić information content (AvgIpc) is 3.11. The third-order valence-electron chi connectivity index (χ3n) is 5.54. The number of aryl methyl sites for hydroxylation is 1. The molecule has 0 fully saturated rings. The Bertz CT molecular complexity index is 1240. The van der Waals surface area contributed by atoms with Gasteiger partial charge < -0.3 is 15.6 Å². The van der Waals surface area contributed by atoms with Crippen LogP contribution >= 0.6 is 0 Å². The number of phenols is 1. The van der Waals surface area contributed by atoms with E-state index in [9.17, 15) is 5.11 Å². The van der Waals surface area contributed by atoms with Gasteiger partial charge >= 0.3 is 0 Å². The Kier molecular flexibility index (Phi) is 4.02. The number of nitrogens with two attached hydrogens (primary N) is 1. The molecule has 29 heavy (non-hydrogen) atoms. The minimum Gasteiger partial charge on any atom is -0.506 e. The summed E-state index contributed by atoms with van der Waals surface area (Å²) in [5, 5.41) is 9.72. The van der Waals surface area contributed by atoms with Crippen LogP contribution < -0.4 is 10.5 Å². The molecule has 0 heterocycles. The van der Waals surface area contributed by atoms with Gasteiger partial charge in [0.2, 0.25) is 0 Å². The van der Waals surface area contributed by atoms with Crippen molar-refractivity contribution in [1.82, 2.24) is 0 Å². The van der Waals surface area contributed by atoms with E-state index in [1.165, 1.54) is 22.3 Å². The number of anilines is 1. The first-order valence-electron chi connectivity index (χ1n) is 9.68. The number of ether oxygens (including phenoxy) is 1. The molecule has 0 amide bonds. The molecule has 1 aliphatic carbocycles. The predicted octanol–water partition coefficient (Wildman–Crippen LogP) is 6.31. The van der Waals surface area contributed by atoms with E-state index in [2.05, 4.69) is 54.6 Å². The zero-order valence-corrected chi connectivity index (χ0v) is 16.1. The van der Waals surface area contributed by atoms with Crippen molar-refractivity contribution in [3.8, 4) is 39.5 Å². The van der Waals surface area contributed by atoms with Crippen molar-refractivity contribution in [3.05, 3.63) is 95.6 Å². The average molecular weight is 379 g/mol. The molecule has 1 aliphatic rings. The minimum absolute atomic E-state index is 0.0554. The summed E-state index contributed by atoms with van der Waals surface area (Å²) in [6, 6.07) is 26.2. The fourth-order valence-corrected chi connectivity index (χ4v) is 4.13. The molecule has 3 nitrogen and oxygen atoms in total. The maximum Gasteiger partial charge on any atom is 0.138 e. The Morgan fingerprint density at radius 3 is 2.38 bits per heavy atom. The molecule has 0 radical (unpaired) electrons. The van der Waals surface area contributed by atoms with Gasteiger partial charge in [0.25, 0.3) is 0 Å². The first-order chi connectivity index (χ1) is 14.1. The van der Waals surface area contributed by atoms with Crippen LogP contribution in [0.15, 0.2) is 78.9 Å². The summed E-state index contributed by atoms with van der Waals surface area (Å²) in [5.41, 5.74) is 14.7. The number of aromatic hydroxyl groups is 1. The molecule has 4 aromatic rings. The van der Waals surface area contributed by atoms with Crippen LogP contribution in [0.5, 0.6) is 17.2 Å². The fraction of sp³-hybridized carbons (Fsp3) is 0.0769. The van der Waals surface area contributed by atoms with Gasteiger partial charge in [-0.3, -0.25) is 0 Å². The summed E-state index contributed by atoms with van der Waals surface area (Å²) in [4.78, 5) is 0. The maximum atomic E-state index is 9.72. The second-order valence-corrected chi connectivity index (χ2v) is 7.45. The maximum absolute atomic E-state index is 9.72. The quantitative estimate of drug-likeness (QED) is 0.285. The van der Waals surface area contributed by atoms with Crippen molar-refractivity contribution < 1.29 is 9.84 Å². The van der Waals surface area contributed by atoms with Crippen molar-refractivity contribution in [2.75, 3.05) is 5.73 Å². The third-order valence-corrected chi connectivity index (χ3v) is 5.54. The summed E-state index contributed by atoms with van der Waals surface area (Å²) in [7, 11) is 0. The molecule has 0 bridgehead atoms. The summed E-state index contributed by atoms with van der Waals surface area (Å²) in [6.45, 7) is 2.04. The van der Waals surface area contributed by atoms with Crippen molar-refractivity contribution in [1.29, 1.82) is 0 Å². The molecular weight excluding hydrogens is 358 g/mol. The van der Waals surface area contributed by atoms with Gasteiger partial charge in [0.15, 0.2) is 0 Å². The van der Waals surface area contributed by atoms with Gasteiger partial charge in [0, 0.05) is 11.6 Å². The lowest BCUT2D eigenvalue weighted by molar-refractivity contribution is 0.466. The SMILES string of the molecule is Cc1cccc(-c2cccc3c2-c2ccccc2C3)c1Oc1ccc(O)c(N)c1. The Labute approximate surface area is 170 Å². The zero-order chi connectivity index (χ0) is 20.0. The number of fused-ring (bicyclic) bond motifs is 3.